The molecule has 1 heterocycles. The Morgan fingerprint density at radius 2 is 2.16 bits per heavy atom. The molecule has 0 aromatic heterocycles. The summed E-state index contributed by atoms with van der Waals surface area (Å²) < 4.78 is 0.940. The van der Waals surface area contributed by atoms with Crippen LogP contribution in [0.15, 0.2) is 27.6 Å². The van der Waals surface area contributed by atoms with Crippen molar-refractivity contribution in [3.05, 3.63) is 28.2 Å². The van der Waals surface area contributed by atoms with Crippen molar-refractivity contribution in [2.45, 2.75) is 36.2 Å². The first-order valence-corrected chi connectivity index (χ1v) is 7.91. The Bertz CT molecular complexity index is 504. The second-order valence-electron chi connectivity index (χ2n) is 5.35. The van der Waals surface area contributed by atoms with Crippen LogP contribution in [0, 0.1) is 0 Å². The van der Waals surface area contributed by atoms with E-state index in [1.165, 1.54) is 12.8 Å². The van der Waals surface area contributed by atoms with Crippen LogP contribution >= 0.6 is 28.6 Å². The number of benzene rings is 1. The highest BCUT2D eigenvalue weighted by Gasteiger charge is 2.34. The molecule has 1 unspecified atom stereocenters. The minimum Gasteiger partial charge on any atom is -0.348 e. The predicted octanol–water partition coefficient (Wildman–Crippen LogP) is 2.70. The normalized spacial score (nSPS) is 23.6. The van der Waals surface area contributed by atoms with E-state index in [4.69, 9.17) is 0 Å². The number of thiol groups is 1. The maximum Gasteiger partial charge on any atom is 0.252 e. The van der Waals surface area contributed by atoms with Crippen LogP contribution in [0.2, 0.25) is 0 Å². The van der Waals surface area contributed by atoms with E-state index in [0.717, 1.165) is 30.0 Å². The molecular formula is C14H17BrN2OS. The van der Waals surface area contributed by atoms with Gasteiger partial charge in [0.1, 0.15) is 0 Å². The average Bonchev–Trinajstić information content (AvgIpc) is 3.10. The highest BCUT2D eigenvalue weighted by Crippen LogP contribution is 2.30. The number of likely N-dealkylation sites (tertiary alicyclic amines) is 1. The number of hydrogen-bond donors (Lipinski definition) is 2. The smallest absolute Gasteiger partial charge is 0.252 e. The molecule has 2 fully saturated rings. The molecule has 1 aromatic carbocycles. The molecule has 19 heavy (non-hydrogen) atoms. The molecule has 1 amide bonds. The first kappa shape index (κ1) is 13.5. The van der Waals surface area contributed by atoms with E-state index < -0.39 is 0 Å². The summed E-state index contributed by atoms with van der Waals surface area (Å²) in [6.45, 7) is 2.11. The molecule has 1 aromatic rings. The van der Waals surface area contributed by atoms with Crippen molar-refractivity contribution in [1.29, 1.82) is 0 Å². The molecule has 1 saturated heterocycles. The van der Waals surface area contributed by atoms with Crippen LogP contribution in [0.4, 0.5) is 0 Å². The maximum absolute atomic E-state index is 12.2. The van der Waals surface area contributed by atoms with Crippen molar-refractivity contribution >= 4 is 34.5 Å². The average molecular weight is 341 g/mol. The molecule has 1 aliphatic carbocycles. The molecule has 1 N–H and O–H groups in total. The first-order chi connectivity index (χ1) is 9.13. The highest BCUT2D eigenvalue weighted by molar-refractivity contribution is 9.10. The van der Waals surface area contributed by atoms with Crippen molar-refractivity contribution in [2.24, 2.45) is 0 Å². The zero-order valence-corrected chi connectivity index (χ0v) is 13.1. The predicted molar refractivity (Wildman–Crippen MR) is 81.9 cm³/mol. The van der Waals surface area contributed by atoms with E-state index in [1.54, 1.807) is 0 Å². The summed E-state index contributed by atoms with van der Waals surface area (Å²) in [5.41, 5.74) is 0.649. The van der Waals surface area contributed by atoms with Gasteiger partial charge in [0, 0.05) is 34.5 Å². The Hall–Kier alpha value is -0.520. The Balaban J connectivity index is 1.61. The van der Waals surface area contributed by atoms with E-state index in [-0.39, 0.29) is 11.9 Å². The SMILES string of the molecule is O=C(NC1CCN(C2CC2)C1)c1ccc(Br)cc1S. The number of nitrogens with zero attached hydrogens (tertiary/aromatic N) is 1. The van der Waals surface area contributed by atoms with E-state index in [2.05, 4.69) is 38.8 Å². The monoisotopic (exact) mass is 340 g/mol. The number of halogens is 1. The third-order valence-corrected chi connectivity index (χ3v) is 4.69. The van der Waals surface area contributed by atoms with Crippen molar-refractivity contribution in [2.75, 3.05) is 13.1 Å². The Morgan fingerprint density at radius 1 is 1.37 bits per heavy atom. The van der Waals surface area contributed by atoms with Gasteiger partial charge in [-0.3, -0.25) is 9.69 Å². The van der Waals surface area contributed by atoms with Gasteiger partial charge in [0.2, 0.25) is 0 Å². The zero-order chi connectivity index (χ0) is 13.4. The lowest BCUT2D eigenvalue weighted by atomic mass is 10.2. The number of amides is 1. The minimum absolute atomic E-state index is 0.0138. The molecule has 0 spiro atoms. The van der Waals surface area contributed by atoms with Gasteiger partial charge in [-0.15, -0.1) is 12.6 Å². The molecule has 2 aliphatic rings. The number of rotatable bonds is 3. The van der Waals surface area contributed by atoms with E-state index in [0.29, 0.717) is 10.5 Å². The van der Waals surface area contributed by atoms with E-state index >= 15 is 0 Å². The molecule has 0 bridgehead atoms. The van der Waals surface area contributed by atoms with Crippen molar-refractivity contribution in [1.82, 2.24) is 10.2 Å². The minimum atomic E-state index is -0.0138. The topological polar surface area (TPSA) is 32.3 Å². The quantitative estimate of drug-likeness (QED) is 0.829. The van der Waals surface area contributed by atoms with Gasteiger partial charge >= 0.3 is 0 Å². The van der Waals surface area contributed by atoms with Crippen LogP contribution < -0.4 is 5.32 Å². The Morgan fingerprint density at radius 3 is 2.84 bits per heavy atom. The molecule has 1 aliphatic heterocycles. The molecule has 1 saturated carbocycles. The molecule has 5 heteroatoms. The largest absolute Gasteiger partial charge is 0.348 e. The van der Waals surface area contributed by atoms with Gasteiger partial charge in [-0.25, -0.2) is 0 Å². The summed E-state index contributed by atoms with van der Waals surface area (Å²) in [5, 5.41) is 3.12. The summed E-state index contributed by atoms with van der Waals surface area (Å²) in [6, 6.07) is 6.61. The van der Waals surface area contributed by atoms with Gasteiger partial charge in [-0.1, -0.05) is 15.9 Å². The lowest BCUT2D eigenvalue weighted by molar-refractivity contribution is 0.0934. The summed E-state index contributed by atoms with van der Waals surface area (Å²) in [6.07, 6.45) is 3.71. The van der Waals surface area contributed by atoms with Gasteiger partial charge in [0.05, 0.1) is 5.56 Å². The molecular weight excluding hydrogens is 324 g/mol. The van der Waals surface area contributed by atoms with Gasteiger partial charge in [0.15, 0.2) is 0 Å². The molecule has 1 atom stereocenters. The number of nitrogens with one attached hydrogen (secondary N) is 1. The number of hydrogen-bond acceptors (Lipinski definition) is 3. The molecule has 3 rings (SSSR count). The lowest BCUT2D eigenvalue weighted by Crippen LogP contribution is -2.37. The van der Waals surface area contributed by atoms with Gasteiger partial charge in [-0.2, -0.15) is 0 Å². The highest BCUT2D eigenvalue weighted by atomic mass is 79.9. The standard InChI is InChI=1S/C14H17BrN2OS/c15-9-1-4-12(13(19)7-9)14(18)16-10-5-6-17(8-10)11-2-3-11/h1,4,7,10-11,19H,2-3,5-6,8H2,(H,16,18). The number of carbonyl (C=O) groups is 1. The Labute approximate surface area is 127 Å². The lowest BCUT2D eigenvalue weighted by Gasteiger charge is -2.16. The second kappa shape index (κ2) is 5.46. The van der Waals surface area contributed by atoms with Crippen molar-refractivity contribution in [3.63, 3.8) is 0 Å². The van der Waals surface area contributed by atoms with Crippen LogP contribution in [0.1, 0.15) is 29.6 Å². The van der Waals surface area contributed by atoms with E-state index in [9.17, 15) is 4.79 Å². The van der Waals surface area contributed by atoms with Crippen LogP contribution in [0.25, 0.3) is 0 Å². The summed E-state index contributed by atoms with van der Waals surface area (Å²) in [4.78, 5) is 15.4. The van der Waals surface area contributed by atoms with Crippen molar-refractivity contribution in [3.8, 4) is 0 Å². The van der Waals surface area contributed by atoms with Crippen LogP contribution in [-0.4, -0.2) is 36.0 Å². The number of carbonyl (C=O) groups excluding carboxylic acids is 1. The summed E-state index contributed by atoms with van der Waals surface area (Å²) in [5.74, 6) is -0.0138. The molecule has 102 valence electrons. The maximum atomic E-state index is 12.2. The fraction of sp³-hybridized carbons (Fsp3) is 0.500. The summed E-state index contributed by atoms with van der Waals surface area (Å²) >= 11 is 7.74. The third-order valence-electron chi connectivity index (χ3n) is 3.82. The second-order valence-corrected chi connectivity index (χ2v) is 6.74. The van der Waals surface area contributed by atoms with Gasteiger partial charge in [-0.05, 0) is 37.5 Å². The van der Waals surface area contributed by atoms with Crippen LogP contribution in [0.5, 0.6) is 0 Å². The van der Waals surface area contributed by atoms with Crippen LogP contribution in [0.3, 0.4) is 0 Å². The first-order valence-electron chi connectivity index (χ1n) is 6.67. The van der Waals surface area contributed by atoms with Gasteiger partial charge < -0.3 is 5.32 Å². The van der Waals surface area contributed by atoms with Crippen molar-refractivity contribution < 1.29 is 4.79 Å². The fourth-order valence-electron chi connectivity index (χ4n) is 2.64. The van der Waals surface area contributed by atoms with Gasteiger partial charge in [0.25, 0.3) is 5.91 Å². The zero-order valence-electron chi connectivity index (χ0n) is 10.6. The van der Waals surface area contributed by atoms with Crippen LogP contribution in [-0.2, 0) is 0 Å². The Kier molecular flexibility index (Phi) is 3.87. The molecule has 0 radical (unpaired) electrons. The fourth-order valence-corrected chi connectivity index (χ4v) is 3.49. The third kappa shape index (κ3) is 3.15. The van der Waals surface area contributed by atoms with E-state index in [1.807, 2.05) is 18.2 Å². The summed E-state index contributed by atoms with van der Waals surface area (Å²) in [7, 11) is 0. The molecule has 3 nitrogen and oxygen atoms in total.